The number of carbonyl (C=O) groups excluding carboxylic acids is 4. The van der Waals surface area contributed by atoms with Crippen molar-refractivity contribution >= 4 is 23.9 Å². The van der Waals surface area contributed by atoms with Gasteiger partial charge in [-0.25, -0.2) is 14.0 Å². The maximum absolute atomic E-state index is 14.4. The van der Waals surface area contributed by atoms with Crippen molar-refractivity contribution in [3.63, 3.8) is 0 Å². The smallest absolute Gasteiger partial charge is 0.319 e. The summed E-state index contributed by atoms with van der Waals surface area (Å²) in [7, 11) is 9.24. The minimum absolute atomic E-state index is 0. The Morgan fingerprint density at radius 1 is 0.584 bits per heavy atom. The summed E-state index contributed by atoms with van der Waals surface area (Å²) < 4.78 is 14.4. The minimum Gasteiger partial charge on any atom is -0.348 e. The zero-order valence-electron chi connectivity index (χ0n) is 58.3. The molecule has 5 atom stereocenters. The SMILES string of the molecule is CC(CC(C)(C)C)N1CCC2(CC[C@H](NC(=O)N(C)C)c3ccccc32)CC1.CN(C)C(=O)N(C)[C@H]1CCC2(CCN(CCC(C)(C)C)CC2)c2ccccc21.C[C@H](C(=O)N[C@H]1CCC2(CCN(CCC(C)(C)C)CC2)c2cc(F)ccc21)N1CCCC1=O.[HH].[HH]. The highest BCUT2D eigenvalue weighted by atomic mass is 19.1. The number of likely N-dealkylation sites (tertiary alicyclic amines) is 4. The molecule has 0 aromatic heterocycles. The molecule has 2 N–H and O–H groups in total. The number of nitrogens with one attached hydrogen (secondary N) is 2. The Bertz CT molecular complexity index is 2880. The van der Waals surface area contributed by atoms with Gasteiger partial charge in [-0.3, -0.25) is 9.59 Å². The van der Waals surface area contributed by atoms with Crippen molar-refractivity contribution < 1.29 is 26.4 Å². The molecule has 1 unspecified atom stereocenters. The number of rotatable bonds is 11. The molecule has 3 aromatic rings. The van der Waals surface area contributed by atoms with Crippen molar-refractivity contribution in [1.29, 1.82) is 0 Å². The molecule has 10 rings (SSSR count). The van der Waals surface area contributed by atoms with E-state index in [9.17, 15) is 23.6 Å². The zero-order chi connectivity index (χ0) is 64.9. The Labute approximate surface area is 541 Å². The number of halogens is 1. The number of hydrogen-bond acceptors (Lipinski definition) is 7. The molecule has 4 fully saturated rings. The molecule has 0 bridgehead atoms. The van der Waals surface area contributed by atoms with Gasteiger partial charge in [-0.2, -0.15) is 0 Å². The van der Waals surface area contributed by atoms with E-state index >= 15 is 0 Å². The molecule has 3 aromatic carbocycles. The molecule has 3 spiro atoms. The van der Waals surface area contributed by atoms with Crippen molar-refractivity contribution in [2.75, 3.05) is 94.1 Å². The highest BCUT2D eigenvalue weighted by Gasteiger charge is 2.47. The number of amides is 6. The van der Waals surface area contributed by atoms with Crippen LogP contribution in [0.2, 0.25) is 0 Å². The topological polar surface area (TPSA) is 115 Å². The molecular weight excluding hydrogens is 1110 g/mol. The second kappa shape index (κ2) is 28.9. The van der Waals surface area contributed by atoms with Gasteiger partial charge >= 0.3 is 12.1 Å². The molecule has 0 saturated carbocycles. The highest BCUT2D eigenvalue weighted by molar-refractivity contribution is 5.88. The summed E-state index contributed by atoms with van der Waals surface area (Å²) in [4.78, 5) is 64.7. The van der Waals surface area contributed by atoms with Crippen LogP contribution in [-0.2, 0) is 25.8 Å². The van der Waals surface area contributed by atoms with E-state index in [0.29, 0.717) is 40.7 Å². The summed E-state index contributed by atoms with van der Waals surface area (Å²) in [5.74, 6) is -0.259. The summed E-state index contributed by atoms with van der Waals surface area (Å²) in [5.41, 5.74) is 9.52. The minimum atomic E-state index is -0.467. The lowest BCUT2D eigenvalue weighted by Crippen LogP contribution is -2.49. The standard InChI is InChI=1S/C27H40FN3O2.2C24H39N3O.2H2/c1-19(31-14-5-6-24(31)32)25(33)29-23-9-10-27(22-18-20(28)7-8-21(22)23)12-16-30(17-13-27)15-11-26(2,3)4;1-23(2,3)13-16-27-17-14-24(15-18-27)12-11-21(26(6)22(28)25(4)5)19-9-7-8-10-20(19)24;1-18(17-23(2,3)4)27-15-13-24(14-16-27)12-11-21(25-22(28)26(5)6)19-9-7-8-10-20(19)24;;/h7-8,18-19,23H,5-6,9-17H2,1-4H3,(H,29,33);7-10,21H,11-18H2,1-6H3;7-10,18,21H,11-17H2,1-6H3,(H,25,28);2*1H/t19-,23+;21-;18?,21-;;/m100../s1. The van der Waals surface area contributed by atoms with Crippen LogP contribution in [-0.4, -0.2) is 164 Å². The quantitative estimate of drug-likeness (QED) is 0.196. The molecule has 4 saturated heterocycles. The number of hydrogen-bond donors (Lipinski definition) is 2. The number of urea groups is 2. The van der Waals surface area contributed by atoms with Crippen LogP contribution in [0, 0.1) is 22.1 Å². The van der Waals surface area contributed by atoms with Crippen LogP contribution in [0.1, 0.15) is 240 Å². The van der Waals surface area contributed by atoms with Crippen molar-refractivity contribution in [2.45, 2.75) is 232 Å². The Morgan fingerprint density at radius 2 is 1.06 bits per heavy atom. The molecule has 498 valence electrons. The van der Waals surface area contributed by atoms with Crippen LogP contribution in [0.4, 0.5) is 14.0 Å². The molecular formula is C75H122FN9O4. The van der Waals surface area contributed by atoms with Crippen molar-refractivity contribution in [2.24, 2.45) is 16.2 Å². The van der Waals surface area contributed by atoms with E-state index in [2.05, 4.69) is 143 Å². The number of carbonyl (C=O) groups is 4. The predicted molar refractivity (Wildman–Crippen MR) is 366 cm³/mol. The van der Waals surface area contributed by atoms with Crippen LogP contribution >= 0.6 is 0 Å². The van der Waals surface area contributed by atoms with Crippen LogP contribution < -0.4 is 10.6 Å². The Balaban J connectivity index is 0.000000216. The first-order valence-corrected chi connectivity index (χ1v) is 34.5. The molecule has 89 heavy (non-hydrogen) atoms. The molecule has 4 heterocycles. The second-order valence-corrected chi connectivity index (χ2v) is 32.4. The number of fused-ring (bicyclic) bond motifs is 6. The Kier molecular flexibility index (Phi) is 22.6. The van der Waals surface area contributed by atoms with Crippen molar-refractivity contribution in [3.8, 4) is 0 Å². The van der Waals surface area contributed by atoms with Crippen LogP contribution in [0.15, 0.2) is 66.7 Å². The van der Waals surface area contributed by atoms with Gasteiger partial charge in [-0.05, 0) is 247 Å². The normalized spacial score (nSPS) is 23.1. The summed E-state index contributed by atoms with van der Waals surface area (Å²) in [6, 6.07) is 23.3. The lowest BCUT2D eigenvalue weighted by Gasteiger charge is -2.49. The van der Waals surface area contributed by atoms with Gasteiger partial charge in [-0.15, -0.1) is 0 Å². The molecule has 14 heteroatoms. The van der Waals surface area contributed by atoms with E-state index in [1.807, 2.05) is 39.0 Å². The predicted octanol–water partition coefficient (Wildman–Crippen LogP) is 14.9. The molecule has 3 aliphatic carbocycles. The van der Waals surface area contributed by atoms with Crippen molar-refractivity contribution in [3.05, 3.63) is 106 Å². The first-order chi connectivity index (χ1) is 41.8. The van der Waals surface area contributed by atoms with Crippen LogP contribution in [0.3, 0.4) is 0 Å². The third-order valence-corrected chi connectivity index (χ3v) is 21.9. The maximum atomic E-state index is 14.4. The van der Waals surface area contributed by atoms with E-state index in [1.165, 1.54) is 119 Å². The van der Waals surface area contributed by atoms with Crippen LogP contribution in [0.5, 0.6) is 0 Å². The summed E-state index contributed by atoms with van der Waals surface area (Å²) in [6.07, 6.45) is 18.3. The summed E-state index contributed by atoms with van der Waals surface area (Å²) in [5, 5.41) is 6.42. The third kappa shape index (κ3) is 17.4. The van der Waals surface area contributed by atoms with Gasteiger partial charge in [-0.1, -0.05) is 117 Å². The zero-order valence-corrected chi connectivity index (χ0v) is 58.3. The lowest BCUT2D eigenvalue weighted by atomic mass is 9.63. The monoisotopic (exact) mass is 1230 g/mol. The van der Waals surface area contributed by atoms with E-state index in [0.717, 1.165) is 75.7 Å². The van der Waals surface area contributed by atoms with Gasteiger partial charge < -0.3 is 44.9 Å². The molecule has 6 amide bonds. The van der Waals surface area contributed by atoms with Crippen molar-refractivity contribution in [1.82, 2.24) is 44.9 Å². The first kappa shape index (κ1) is 69.8. The van der Waals surface area contributed by atoms with Gasteiger partial charge in [0.1, 0.15) is 11.9 Å². The number of nitrogens with zero attached hydrogens (tertiary/aromatic N) is 7. The van der Waals surface area contributed by atoms with Gasteiger partial charge in [0.25, 0.3) is 0 Å². The molecule has 13 nitrogen and oxygen atoms in total. The fraction of sp³-hybridized carbons (Fsp3) is 0.707. The average molecular weight is 1230 g/mol. The molecule has 4 aliphatic heterocycles. The van der Waals surface area contributed by atoms with E-state index in [-0.39, 0.29) is 61.5 Å². The highest BCUT2D eigenvalue weighted by Crippen LogP contribution is 2.52. The Hall–Kier alpha value is -5.05. The fourth-order valence-electron chi connectivity index (χ4n) is 16.3. The summed E-state index contributed by atoms with van der Waals surface area (Å²) >= 11 is 0. The third-order valence-electron chi connectivity index (χ3n) is 21.9. The molecule has 0 radical (unpaired) electrons. The van der Waals surface area contributed by atoms with Gasteiger partial charge in [0.2, 0.25) is 11.8 Å². The number of benzene rings is 3. The summed E-state index contributed by atoms with van der Waals surface area (Å²) in [6.45, 7) is 34.9. The lowest BCUT2D eigenvalue weighted by molar-refractivity contribution is -0.137. The van der Waals surface area contributed by atoms with E-state index < -0.39 is 6.04 Å². The number of piperidine rings is 3. The largest absolute Gasteiger partial charge is 0.348 e. The first-order valence-electron chi connectivity index (χ1n) is 34.5. The van der Waals surface area contributed by atoms with Gasteiger partial charge in [0, 0.05) is 57.1 Å². The Morgan fingerprint density at radius 3 is 1.55 bits per heavy atom. The van der Waals surface area contributed by atoms with Gasteiger partial charge in [0.05, 0.1) is 18.1 Å². The van der Waals surface area contributed by atoms with E-state index in [4.69, 9.17) is 0 Å². The fourth-order valence-corrected chi connectivity index (χ4v) is 16.3. The van der Waals surface area contributed by atoms with Gasteiger partial charge in [0.15, 0.2) is 0 Å². The van der Waals surface area contributed by atoms with E-state index in [1.54, 1.807) is 34.9 Å². The van der Waals surface area contributed by atoms with Crippen LogP contribution in [0.25, 0.3) is 0 Å². The maximum Gasteiger partial charge on any atom is 0.319 e. The average Bonchev–Trinajstić information content (AvgIpc) is 1.04. The second-order valence-electron chi connectivity index (χ2n) is 32.4. The molecule has 7 aliphatic rings.